The minimum atomic E-state index is -4.66. The van der Waals surface area contributed by atoms with Crippen molar-refractivity contribution in [1.82, 2.24) is 0 Å². The van der Waals surface area contributed by atoms with Gasteiger partial charge in [-0.15, -0.1) is 0 Å². The summed E-state index contributed by atoms with van der Waals surface area (Å²) in [5, 5.41) is 11.9. The van der Waals surface area contributed by atoms with E-state index < -0.39 is 41.8 Å². The van der Waals surface area contributed by atoms with Gasteiger partial charge >= 0.3 is 12.1 Å². The van der Waals surface area contributed by atoms with Crippen LogP contribution < -0.4 is 15.8 Å². The van der Waals surface area contributed by atoms with Crippen LogP contribution in [0.1, 0.15) is 30.9 Å². The van der Waals surface area contributed by atoms with Gasteiger partial charge in [-0.1, -0.05) is 30.3 Å². The van der Waals surface area contributed by atoms with Gasteiger partial charge < -0.3 is 25.3 Å². The summed E-state index contributed by atoms with van der Waals surface area (Å²) >= 11 is 0. The first-order chi connectivity index (χ1) is 17.1. The summed E-state index contributed by atoms with van der Waals surface area (Å²) in [5.74, 6) is -2.56. The third kappa shape index (κ3) is 5.60. The molecule has 0 saturated heterocycles. The number of allylic oxidation sites excluding steroid dienone is 2. The van der Waals surface area contributed by atoms with Crippen LogP contribution >= 0.6 is 0 Å². The molecule has 0 saturated carbocycles. The Morgan fingerprint density at radius 3 is 2.50 bits per heavy atom. The van der Waals surface area contributed by atoms with E-state index in [1.165, 1.54) is 25.1 Å². The lowest BCUT2D eigenvalue weighted by atomic mass is 9.82. The third-order valence-corrected chi connectivity index (χ3v) is 5.20. The van der Waals surface area contributed by atoms with Gasteiger partial charge in [0.25, 0.3) is 5.91 Å². The number of carbonyl (C=O) groups is 2. The average molecular weight is 501 g/mol. The fourth-order valence-electron chi connectivity index (χ4n) is 3.69. The Kier molecular flexibility index (Phi) is 7.89. The molecule has 3 rings (SSSR count). The molecule has 1 aliphatic heterocycles. The molecule has 1 aliphatic rings. The highest BCUT2D eigenvalue weighted by Crippen LogP contribution is 2.43. The van der Waals surface area contributed by atoms with Crippen LogP contribution in [0.5, 0.6) is 5.75 Å². The van der Waals surface area contributed by atoms with Crippen LogP contribution in [0.25, 0.3) is 0 Å². The molecule has 0 aliphatic carbocycles. The van der Waals surface area contributed by atoms with E-state index in [1.807, 2.05) is 6.07 Å². The molecule has 36 heavy (non-hydrogen) atoms. The maximum atomic E-state index is 13.2. The molecule has 0 bridgehead atoms. The molecule has 8 nitrogen and oxygen atoms in total. The highest BCUT2D eigenvalue weighted by Gasteiger charge is 2.38. The van der Waals surface area contributed by atoms with Crippen LogP contribution in [0.15, 0.2) is 71.3 Å². The van der Waals surface area contributed by atoms with E-state index >= 15 is 0 Å². The number of benzene rings is 2. The number of nitrogens with zero attached hydrogens (tertiary/aromatic N) is 1. The van der Waals surface area contributed by atoms with Crippen molar-refractivity contribution < 1.29 is 37.0 Å². The lowest BCUT2D eigenvalue weighted by Crippen LogP contribution is -2.26. The van der Waals surface area contributed by atoms with Crippen molar-refractivity contribution in [2.75, 3.05) is 18.5 Å². The number of alkyl halides is 3. The molecule has 1 amide bonds. The number of hydrogen-bond acceptors (Lipinski definition) is 7. The van der Waals surface area contributed by atoms with E-state index in [-0.39, 0.29) is 35.1 Å². The highest BCUT2D eigenvalue weighted by atomic mass is 19.4. The first-order valence-corrected chi connectivity index (χ1v) is 10.7. The molecule has 11 heteroatoms. The minimum Gasteiger partial charge on any atom is -0.483 e. The first kappa shape index (κ1) is 26.2. The number of para-hydroxylation sites is 2. The Morgan fingerprint density at radius 2 is 1.83 bits per heavy atom. The highest BCUT2D eigenvalue weighted by molar-refractivity contribution is 5.93. The Morgan fingerprint density at radius 1 is 1.17 bits per heavy atom. The second kappa shape index (κ2) is 10.9. The molecule has 1 unspecified atom stereocenters. The van der Waals surface area contributed by atoms with Gasteiger partial charge in [-0.3, -0.25) is 4.79 Å². The van der Waals surface area contributed by atoms with Gasteiger partial charge in [0.15, 0.2) is 6.61 Å². The summed E-state index contributed by atoms with van der Waals surface area (Å²) in [5.41, 5.74) is 4.76. The number of carbonyl (C=O) groups excluding carboxylic acids is 2. The third-order valence-electron chi connectivity index (χ3n) is 5.20. The summed E-state index contributed by atoms with van der Waals surface area (Å²) in [6.07, 6.45) is -4.66. The molecule has 0 spiro atoms. The number of amides is 1. The van der Waals surface area contributed by atoms with Crippen molar-refractivity contribution >= 4 is 17.6 Å². The maximum absolute atomic E-state index is 13.2. The molecule has 3 N–H and O–H groups in total. The van der Waals surface area contributed by atoms with E-state index in [4.69, 9.17) is 19.9 Å². The van der Waals surface area contributed by atoms with Gasteiger partial charge in [-0.25, -0.2) is 4.79 Å². The standard InChI is InChI=1S/C25H22F3N3O5/c1-3-34-24(33)21-14(2)36-23(30)16(12-29)22(21)15-8-4-7-11-19(15)35-13-20(32)31-18-10-6-5-9-17(18)25(26,27)28/h4-11,22H,3,13,30H2,1-2H3,(H,31,32). The van der Waals surface area contributed by atoms with Gasteiger partial charge in [0, 0.05) is 5.56 Å². The predicted octanol–water partition coefficient (Wildman–Crippen LogP) is 4.37. The van der Waals surface area contributed by atoms with Crippen molar-refractivity contribution in [3.8, 4) is 11.8 Å². The molecular formula is C25H22F3N3O5. The van der Waals surface area contributed by atoms with Crippen LogP contribution in [0.4, 0.5) is 18.9 Å². The van der Waals surface area contributed by atoms with Gasteiger partial charge in [-0.2, -0.15) is 18.4 Å². The van der Waals surface area contributed by atoms with Crippen LogP contribution in [-0.4, -0.2) is 25.1 Å². The summed E-state index contributed by atoms with van der Waals surface area (Å²) in [6, 6.07) is 12.8. The smallest absolute Gasteiger partial charge is 0.418 e. The number of ether oxygens (including phenoxy) is 3. The summed E-state index contributed by atoms with van der Waals surface area (Å²) in [6.45, 7) is 2.54. The minimum absolute atomic E-state index is 0.0298. The topological polar surface area (TPSA) is 124 Å². The van der Waals surface area contributed by atoms with Crippen molar-refractivity contribution in [3.05, 3.63) is 82.4 Å². The predicted molar refractivity (Wildman–Crippen MR) is 122 cm³/mol. The molecule has 2 aromatic carbocycles. The van der Waals surface area contributed by atoms with E-state index in [2.05, 4.69) is 5.32 Å². The second-order valence-electron chi connectivity index (χ2n) is 7.53. The fourth-order valence-corrected chi connectivity index (χ4v) is 3.69. The molecule has 0 radical (unpaired) electrons. The molecule has 0 fully saturated rings. The van der Waals surface area contributed by atoms with Gasteiger partial charge in [0.05, 0.1) is 29.3 Å². The zero-order chi connectivity index (χ0) is 26.5. The Hall–Kier alpha value is -4.46. The zero-order valence-corrected chi connectivity index (χ0v) is 19.3. The van der Waals surface area contributed by atoms with Crippen molar-refractivity contribution in [3.63, 3.8) is 0 Å². The first-order valence-electron chi connectivity index (χ1n) is 10.7. The molecule has 1 heterocycles. The number of nitriles is 1. The Balaban J connectivity index is 1.90. The van der Waals surface area contributed by atoms with E-state index in [0.29, 0.717) is 5.56 Å². The number of halogens is 3. The van der Waals surface area contributed by atoms with Gasteiger partial charge in [0.1, 0.15) is 23.2 Å². The number of nitrogens with two attached hydrogens (primary N) is 1. The average Bonchev–Trinajstić information content (AvgIpc) is 2.82. The lowest BCUT2D eigenvalue weighted by Gasteiger charge is -2.28. The molecule has 0 aromatic heterocycles. The molecule has 2 aromatic rings. The van der Waals surface area contributed by atoms with Crippen molar-refractivity contribution in [2.45, 2.75) is 25.9 Å². The van der Waals surface area contributed by atoms with Crippen LogP contribution in [-0.2, 0) is 25.2 Å². The normalized spacial score (nSPS) is 15.6. The quantitative estimate of drug-likeness (QED) is 0.540. The lowest BCUT2D eigenvalue weighted by molar-refractivity contribution is -0.139. The zero-order valence-electron chi connectivity index (χ0n) is 19.3. The Labute approximate surface area is 204 Å². The van der Waals surface area contributed by atoms with E-state index in [9.17, 15) is 28.0 Å². The monoisotopic (exact) mass is 501 g/mol. The largest absolute Gasteiger partial charge is 0.483 e. The number of hydrogen-bond donors (Lipinski definition) is 2. The van der Waals surface area contributed by atoms with Gasteiger partial charge in [0.2, 0.25) is 5.88 Å². The van der Waals surface area contributed by atoms with Crippen LogP contribution in [0.3, 0.4) is 0 Å². The number of anilines is 1. The van der Waals surface area contributed by atoms with Crippen LogP contribution in [0, 0.1) is 11.3 Å². The number of nitrogens with one attached hydrogen (secondary N) is 1. The summed E-state index contributed by atoms with van der Waals surface area (Å²) in [7, 11) is 0. The molecular weight excluding hydrogens is 479 g/mol. The molecule has 188 valence electrons. The van der Waals surface area contributed by atoms with Gasteiger partial charge in [-0.05, 0) is 32.0 Å². The van der Waals surface area contributed by atoms with Crippen molar-refractivity contribution in [2.24, 2.45) is 5.73 Å². The maximum Gasteiger partial charge on any atom is 0.418 e. The summed E-state index contributed by atoms with van der Waals surface area (Å²) in [4.78, 5) is 25.2. The number of rotatable bonds is 7. The SMILES string of the molecule is CCOC(=O)C1=C(C)OC(N)=C(C#N)C1c1ccccc1OCC(=O)Nc1ccccc1C(F)(F)F. The molecule has 1 atom stereocenters. The van der Waals surface area contributed by atoms with E-state index in [0.717, 1.165) is 12.1 Å². The Bertz CT molecular complexity index is 1280. The second-order valence-corrected chi connectivity index (χ2v) is 7.53. The summed E-state index contributed by atoms with van der Waals surface area (Å²) < 4.78 is 55.8. The fraction of sp³-hybridized carbons (Fsp3) is 0.240. The van der Waals surface area contributed by atoms with Crippen LogP contribution in [0.2, 0.25) is 0 Å². The number of esters is 1. The van der Waals surface area contributed by atoms with E-state index in [1.54, 1.807) is 25.1 Å². The van der Waals surface area contributed by atoms with Crippen molar-refractivity contribution in [1.29, 1.82) is 5.26 Å².